The lowest BCUT2D eigenvalue weighted by Crippen LogP contribution is -2.42. The fourth-order valence-corrected chi connectivity index (χ4v) is 2.68. The zero-order valence-corrected chi connectivity index (χ0v) is 12.9. The lowest BCUT2D eigenvalue weighted by molar-refractivity contribution is -0.120. The third-order valence-corrected chi connectivity index (χ3v) is 4.39. The molecule has 0 radical (unpaired) electrons. The van der Waals surface area contributed by atoms with Crippen LogP contribution in [0, 0.1) is 18.2 Å². The highest BCUT2D eigenvalue weighted by atomic mass is 19.1. The fraction of sp³-hybridized carbons (Fsp3) is 0.562. The van der Waals surface area contributed by atoms with Crippen LogP contribution in [0.1, 0.15) is 25.8 Å². The first-order valence-electron chi connectivity index (χ1n) is 7.36. The van der Waals surface area contributed by atoms with E-state index in [1.807, 2.05) is 13.8 Å². The topological polar surface area (TPSA) is 58.4 Å². The van der Waals surface area contributed by atoms with Crippen molar-refractivity contribution < 1.29 is 9.18 Å². The smallest absolute Gasteiger partial charge is 0.241 e. The number of aryl methyl sites for hydroxylation is 1. The normalized spacial score (nSPS) is 24.0. The quantitative estimate of drug-likeness (QED) is 0.894. The van der Waals surface area contributed by atoms with E-state index >= 15 is 0 Å². The van der Waals surface area contributed by atoms with E-state index in [9.17, 15) is 9.18 Å². The van der Waals surface area contributed by atoms with Gasteiger partial charge in [0, 0.05) is 6.54 Å². The summed E-state index contributed by atoms with van der Waals surface area (Å²) in [6, 6.07) is 4.51. The van der Waals surface area contributed by atoms with Crippen molar-refractivity contribution in [2.24, 2.45) is 11.1 Å². The summed E-state index contributed by atoms with van der Waals surface area (Å²) in [5.41, 5.74) is 6.93. The Morgan fingerprint density at radius 1 is 1.57 bits per heavy atom. The van der Waals surface area contributed by atoms with Crippen LogP contribution in [-0.2, 0) is 4.79 Å². The Balaban J connectivity index is 2.00. The minimum absolute atomic E-state index is 0.0731. The average Bonchev–Trinajstić information content (AvgIpc) is 2.84. The molecule has 0 aliphatic carbocycles. The Hall–Kier alpha value is -1.46. The van der Waals surface area contributed by atoms with Crippen LogP contribution in [-0.4, -0.2) is 36.5 Å². The minimum Gasteiger partial charge on any atom is -0.330 e. The van der Waals surface area contributed by atoms with Crippen molar-refractivity contribution in [3.8, 4) is 0 Å². The number of amides is 1. The van der Waals surface area contributed by atoms with Gasteiger partial charge in [-0.15, -0.1) is 0 Å². The Morgan fingerprint density at radius 3 is 2.86 bits per heavy atom. The van der Waals surface area contributed by atoms with Crippen molar-refractivity contribution in [3.05, 3.63) is 29.6 Å². The monoisotopic (exact) mass is 293 g/mol. The molecule has 3 N–H and O–H groups in total. The molecule has 1 fully saturated rings. The van der Waals surface area contributed by atoms with Crippen molar-refractivity contribution in [2.45, 2.75) is 33.2 Å². The standard InChI is InChI=1S/C16H24FN3O/c1-11-4-5-14(13(17)8-11)19-15(21)12(2)20-7-6-16(3,9-18)10-20/h4-5,8,12H,6-7,9-10,18H2,1-3H3,(H,19,21). The van der Waals surface area contributed by atoms with E-state index in [1.165, 1.54) is 6.07 Å². The number of nitrogens with zero attached hydrogens (tertiary/aromatic N) is 1. The molecule has 5 heteroatoms. The van der Waals surface area contributed by atoms with Gasteiger partial charge in [0.15, 0.2) is 0 Å². The summed E-state index contributed by atoms with van der Waals surface area (Å²) >= 11 is 0. The maximum absolute atomic E-state index is 13.8. The highest BCUT2D eigenvalue weighted by molar-refractivity contribution is 5.94. The second-order valence-electron chi connectivity index (χ2n) is 6.38. The predicted molar refractivity (Wildman–Crippen MR) is 82.6 cm³/mol. The van der Waals surface area contributed by atoms with Gasteiger partial charge in [0.05, 0.1) is 11.7 Å². The SMILES string of the molecule is Cc1ccc(NC(=O)C(C)N2CCC(C)(CN)C2)c(F)c1. The molecule has 116 valence electrons. The van der Waals surface area contributed by atoms with Gasteiger partial charge in [-0.1, -0.05) is 13.0 Å². The van der Waals surface area contributed by atoms with Crippen LogP contribution in [0.4, 0.5) is 10.1 Å². The van der Waals surface area contributed by atoms with Gasteiger partial charge in [-0.3, -0.25) is 9.69 Å². The van der Waals surface area contributed by atoms with Crippen molar-refractivity contribution in [2.75, 3.05) is 25.0 Å². The molecule has 1 aromatic carbocycles. The van der Waals surface area contributed by atoms with E-state index in [4.69, 9.17) is 5.73 Å². The molecule has 2 atom stereocenters. The van der Waals surface area contributed by atoms with Gasteiger partial charge < -0.3 is 11.1 Å². The zero-order chi connectivity index (χ0) is 15.6. The second kappa shape index (κ2) is 6.12. The third kappa shape index (κ3) is 3.60. The maximum Gasteiger partial charge on any atom is 0.241 e. The van der Waals surface area contributed by atoms with Crippen LogP contribution < -0.4 is 11.1 Å². The molecule has 2 unspecified atom stereocenters. The average molecular weight is 293 g/mol. The maximum atomic E-state index is 13.8. The molecule has 2 rings (SSSR count). The van der Waals surface area contributed by atoms with Crippen molar-refractivity contribution in [1.29, 1.82) is 0 Å². The molecule has 1 aliphatic rings. The lowest BCUT2D eigenvalue weighted by atomic mass is 9.90. The summed E-state index contributed by atoms with van der Waals surface area (Å²) in [4.78, 5) is 14.4. The molecular weight excluding hydrogens is 269 g/mol. The Morgan fingerprint density at radius 2 is 2.29 bits per heavy atom. The van der Waals surface area contributed by atoms with Crippen LogP contribution >= 0.6 is 0 Å². The highest BCUT2D eigenvalue weighted by Gasteiger charge is 2.36. The number of likely N-dealkylation sites (tertiary alicyclic amines) is 1. The number of nitrogens with one attached hydrogen (secondary N) is 1. The number of nitrogens with two attached hydrogens (primary N) is 1. The molecule has 21 heavy (non-hydrogen) atoms. The molecule has 1 aliphatic heterocycles. The van der Waals surface area contributed by atoms with Gasteiger partial charge >= 0.3 is 0 Å². The largest absolute Gasteiger partial charge is 0.330 e. The molecule has 4 nitrogen and oxygen atoms in total. The molecule has 1 amide bonds. The summed E-state index contributed by atoms with van der Waals surface area (Å²) in [6.45, 7) is 8.06. The van der Waals surface area contributed by atoms with E-state index in [1.54, 1.807) is 12.1 Å². The van der Waals surface area contributed by atoms with Gasteiger partial charge in [-0.2, -0.15) is 0 Å². The van der Waals surface area contributed by atoms with Crippen molar-refractivity contribution in [1.82, 2.24) is 4.90 Å². The van der Waals surface area contributed by atoms with E-state index in [2.05, 4.69) is 17.1 Å². The second-order valence-corrected chi connectivity index (χ2v) is 6.38. The first-order chi connectivity index (χ1) is 9.84. The Labute approximate surface area is 125 Å². The molecule has 0 spiro atoms. The predicted octanol–water partition coefficient (Wildman–Crippen LogP) is 2.13. The molecule has 0 saturated carbocycles. The first-order valence-corrected chi connectivity index (χ1v) is 7.36. The summed E-state index contributed by atoms with van der Waals surface area (Å²) in [7, 11) is 0. The van der Waals surface area contributed by atoms with Crippen LogP contribution in [0.5, 0.6) is 0 Å². The number of anilines is 1. The van der Waals surface area contributed by atoms with Crippen LogP contribution in [0.2, 0.25) is 0 Å². The summed E-state index contributed by atoms with van der Waals surface area (Å²) < 4.78 is 13.8. The zero-order valence-electron chi connectivity index (χ0n) is 12.9. The van der Waals surface area contributed by atoms with Gasteiger partial charge in [-0.25, -0.2) is 4.39 Å². The summed E-state index contributed by atoms with van der Waals surface area (Å²) in [6.07, 6.45) is 0.986. The van der Waals surface area contributed by atoms with Crippen LogP contribution in [0.15, 0.2) is 18.2 Å². The molecule has 0 bridgehead atoms. The summed E-state index contributed by atoms with van der Waals surface area (Å²) in [5.74, 6) is -0.581. The molecule has 1 heterocycles. The van der Waals surface area contributed by atoms with E-state index in [0.29, 0.717) is 6.54 Å². The number of carbonyl (C=O) groups is 1. The molecular formula is C16H24FN3O. The van der Waals surface area contributed by atoms with Gasteiger partial charge in [0.1, 0.15) is 5.82 Å². The molecule has 1 aromatic rings. The van der Waals surface area contributed by atoms with Gasteiger partial charge in [0.2, 0.25) is 5.91 Å². The van der Waals surface area contributed by atoms with Crippen molar-refractivity contribution >= 4 is 11.6 Å². The van der Waals surface area contributed by atoms with Gasteiger partial charge in [0.25, 0.3) is 0 Å². The Bertz CT molecular complexity index is 534. The Kier molecular flexibility index (Phi) is 4.64. The lowest BCUT2D eigenvalue weighted by Gasteiger charge is -2.26. The fourth-order valence-electron chi connectivity index (χ4n) is 2.68. The number of benzene rings is 1. The number of hydrogen-bond acceptors (Lipinski definition) is 3. The number of carbonyl (C=O) groups excluding carboxylic acids is 1. The van der Waals surface area contributed by atoms with E-state index < -0.39 is 5.82 Å². The van der Waals surface area contributed by atoms with Crippen LogP contribution in [0.25, 0.3) is 0 Å². The third-order valence-electron chi connectivity index (χ3n) is 4.39. The molecule has 0 aromatic heterocycles. The van der Waals surface area contributed by atoms with Gasteiger partial charge in [-0.05, 0) is 56.5 Å². The molecule has 1 saturated heterocycles. The summed E-state index contributed by atoms with van der Waals surface area (Å²) in [5, 5.41) is 2.67. The first kappa shape index (κ1) is 15.9. The van der Waals surface area contributed by atoms with E-state index in [0.717, 1.165) is 25.1 Å². The number of rotatable bonds is 4. The minimum atomic E-state index is -0.399. The highest BCUT2D eigenvalue weighted by Crippen LogP contribution is 2.30. The van der Waals surface area contributed by atoms with Crippen molar-refractivity contribution in [3.63, 3.8) is 0 Å². The van der Waals surface area contributed by atoms with Crippen LogP contribution in [0.3, 0.4) is 0 Å². The number of hydrogen-bond donors (Lipinski definition) is 2. The van der Waals surface area contributed by atoms with E-state index in [-0.39, 0.29) is 23.1 Å². The number of halogens is 1.